The zero-order valence-electron chi connectivity index (χ0n) is 14.9. The molecule has 1 aromatic rings. The lowest BCUT2D eigenvalue weighted by Crippen LogP contribution is -2.45. The Morgan fingerprint density at radius 3 is 2.92 bits per heavy atom. The van der Waals surface area contributed by atoms with Gasteiger partial charge in [0.15, 0.2) is 0 Å². The van der Waals surface area contributed by atoms with Crippen molar-refractivity contribution in [2.75, 3.05) is 24.6 Å². The van der Waals surface area contributed by atoms with Crippen LogP contribution >= 0.6 is 11.6 Å². The Bertz CT molecular complexity index is 717. The Labute approximate surface area is 157 Å². The monoisotopic (exact) mass is 384 g/mol. The molecule has 2 heterocycles. The van der Waals surface area contributed by atoms with Gasteiger partial charge in [0.05, 0.1) is 31.6 Å². The summed E-state index contributed by atoms with van der Waals surface area (Å²) in [6.45, 7) is 3.06. The summed E-state index contributed by atoms with van der Waals surface area (Å²) in [5, 5.41) is 16.0. The number of amides is 1. The Morgan fingerprint density at radius 2 is 2.23 bits per heavy atom. The molecule has 3 rings (SSSR count). The third kappa shape index (κ3) is 4.12. The van der Waals surface area contributed by atoms with E-state index in [0.29, 0.717) is 25.2 Å². The standard InChI is InChI=1S/C17H25ClN4O4/c1-17(5-2-3-6-17)20-16(25)26-12-4-7-21(11-12)13-10-19-22(8-9-23)15(24)14(13)18/h10,12,23H,2-9,11H2,1H3,(H,20,25)/t12-/m1/s1. The van der Waals surface area contributed by atoms with Gasteiger partial charge in [-0.1, -0.05) is 24.4 Å². The lowest BCUT2D eigenvalue weighted by atomic mass is 10.0. The minimum atomic E-state index is -0.436. The SMILES string of the molecule is CC1(NC(=O)O[C@@H]2CCN(c3cnn(CCO)c(=O)c3Cl)C2)CCCC1. The van der Waals surface area contributed by atoms with Gasteiger partial charge < -0.3 is 20.1 Å². The van der Waals surface area contributed by atoms with E-state index in [2.05, 4.69) is 17.3 Å². The van der Waals surface area contributed by atoms with Crippen LogP contribution in [0.1, 0.15) is 39.0 Å². The summed E-state index contributed by atoms with van der Waals surface area (Å²) < 4.78 is 6.68. The highest BCUT2D eigenvalue weighted by atomic mass is 35.5. The van der Waals surface area contributed by atoms with Crippen molar-refractivity contribution in [3.8, 4) is 0 Å². The largest absolute Gasteiger partial charge is 0.444 e. The number of rotatable bonds is 5. The number of ether oxygens (including phenoxy) is 1. The molecule has 1 atom stereocenters. The highest BCUT2D eigenvalue weighted by Gasteiger charge is 2.33. The molecule has 9 heteroatoms. The number of nitrogens with zero attached hydrogens (tertiary/aromatic N) is 3. The van der Waals surface area contributed by atoms with Crippen molar-refractivity contribution in [2.24, 2.45) is 0 Å². The molecule has 144 valence electrons. The second-order valence-corrected chi connectivity index (χ2v) is 7.63. The molecular formula is C17H25ClN4O4. The number of aromatic nitrogens is 2. The normalized spacial score (nSPS) is 21.8. The molecule has 1 saturated heterocycles. The number of nitrogens with one attached hydrogen (secondary N) is 1. The van der Waals surface area contributed by atoms with Crippen LogP contribution in [-0.2, 0) is 11.3 Å². The summed E-state index contributed by atoms with van der Waals surface area (Å²) in [6.07, 6.45) is 5.75. The lowest BCUT2D eigenvalue weighted by Gasteiger charge is -2.26. The molecule has 8 nitrogen and oxygen atoms in total. The first-order chi connectivity index (χ1) is 12.4. The third-order valence-electron chi connectivity index (χ3n) is 5.15. The van der Waals surface area contributed by atoms with Crippen LogP contribution in [0.15, 0.2) is 11.0 Å². The number of anilines is 1. The fourth-order valence-corrected chi connectivity index (χ4v) is 3.95. The van der Waals surface area contributed by atoms with Gasteiger partial charge in [-0.3, -0.25) is 4.79 Å². The second kappa shape index (κ2) is 7.84. The molecule has 1 aliphatic carbocycles. The van der Waals surface area contributed by atoms with Gasteiger partial charge >= 0.3 is 6.09 Å². The third-order valence-corrected chi connectivity index (χ3v) is 5.50. The van der Waals surface area contributed by atoms with E-state index in [4.69, 9.17) is 21.4 Å². The molecule has 0 unspecified atom stereocenters. The maximum Gasteiger partial charge on any atom is 0.407 e. The molecule has 1 aliphatic heterocycles. The topological polar surface area (TPSA) is 96.7 Å². The predicted octanol–water partition coefficient (Wildman–Crippen LogP) is 1.53. The van der Waals surface area contributed by atoms with Crippen LogP contribution in [-0.4, -0.2) is 52.3 Å². The average molecular weight is 385 g/mol. The molecule has 0 bridgehead atoms. The van der Waals surface area contributed by atoms with Crippen molar-refractivity contribution in [3.05, 3.63) is 21.6 Å². The van der Waals surface area contributed by atoms with Gasteiger partial charge in [-0.2, -0.15) is 5.10 Å². The highest BCUT2D eigenvalue weighted by molar-refractivity contribution is 6.33. The van der Waals surface area contributed by atoms with Crippen LogP contribution < -0.4 is 15.8 Å². The molecule has 1 saturated carbocycles. The minimum Gasteiger partial charge on any atom is -0.444 e. The first kappa shape index (κ1) is 19.0. The van der Waals surface area contributed by atoms with Gasteiger partial charge in [0.1, 0.15) is 11.1 Å². The molecule has 0 radical (unpaired) electrons. The number of aliphatic hydroxyl groups excluding tert-OH is 1. The molecule has 2 fully saturated rings. The summed E-state index contributed by atoms with van der Waals surface area (Å²) in [6, 6.07) is 0. The molecule has 1 aromatic heterocycles. The highest BCUT2D eigenvalue weighted by Crippen LogP contribution is 2.29. The van der Waals surface area contributed by atoms with Gasteiger partial charge in [-0.25, -0.2) is 9.48 Å². The zero-order valence-corrected chi connectivity index (χ0v) is 15.7. The quantitative estimate of drug-likeness (QED) is 0.799. The van der Waals surface area contributed by atoms with E-state index in [9.17, 15) is 9.59 Å². The van der Waals surface area contributed by atoms with E-state index in [0.717, 1.165) is 30.4 Å². The van der Waals surface area contributed by atoms with Crippen LogP contribution in [0.2, 0.25) is 5.02 Å². The summed E-state index contributed by atoms with van der Waals surface area (Å²) in [7, 11) is 0. The zero-order chi connectivity index (χ0) is 18.7. The molecule has 2 aliphatic rings. The Morgan fingerprint density at radius 1 is 1.50 bits per heavy atom. The first-order valence-electron chi connectivity index (χ1n) is 9.02. The van der Waals surface area contributed by atoms with Gasteiger partial charge in [-0.15, -0.1) is 0 Å². The maximum absolute atomic E-state index is 12.2. The van der Waals surface area contributed by atoms with E-state index < -0.39 is 5.56 Å². The smallest absolute Gasteiger partial charge is 0.407 e. The lowest BCUT2D eigenvalue weighted by molar-refractivity contribution is 0.0989. The number of carbonyl (C=O) groups excluding carboxylic acids is 1. The summed E-state index contributed by atoms with van der Waals surface area (Å²) in [4.78, 5) is 26.2. The van der Waals surface area contributed by atoms with Crippen molar-refractivity contribution < 1.29 is 14.6 Å². The van der Waals surface area contributed by atoms with Crippen LogP contribution in [0.5, 0.6) is 0 Å². The van der Waals surface area contributed by atoms with Crippen molar-refractivity contribution in [1.82, 2.24) is 15.1 Å². The van der Waals surface area contributed by atoms with Gasteiger partial charge in [0.25, 0.3) is 5.56 Å². The molecule has 0 spiro atoms. The Balaban J connectivity index is 1.59. The molecule has 0 aromatic carbocycles. The summed E-state index contributed by atoms with van der Waals surface area (Å²) in [5.74, 6) is 0. The van der Waals surface area contributed by atoms with Gasteiger partial charge in [-0.05, 0) is 19.8 Å². The number of alkyl carbamates (subject to hydrolysis) is 1. The Kier molecular flexibility index (Phi) is 5.72. The van der Waals surface area contributed by atoms with Gasteiger partial charge in [0, 0.05) is 18.5 Å². The minimum absolute atomic E-state index is 0.0667. The van der Waals surface area contributed by atoms with Crippen molar-refractivity contribution in [1.29, 1.82) is 0 Å². The van der Waals surface area contributed by atoms with E-state index >= 15 is 0 Å². The fourth-order valence-electron chi connectivity index (χ4n) is 3.68. The van der Waals surface area contributed by atoms with E-state index in [1.54, 1.807) is 0 Å². The average Bonchev–Trinajstić information content (AvgIpc) is 3.21. The predicted molar refractivity (Wildman–Crippen MR) is 97.7 cm³/mol. The fraction of sp³-hybridized carbons (Fsp3) is 0.706. The number of carbonyl (C=O) groups is 1. The van der Waals surface area contributed by atoms with E-state index in [1.807, 2.05) is 4.90 Å². The summed E-state index contributed by atoms with van der Waals surface area (Å²) >= 11 is 6.18. The van der Waals surface area contributed by atoms with Crippen molar-refractivity contribution in [2.45, 2.75) is 57.2 Å². The number of hydrogen-bond donors (Lipinski definition) is 2. The van der Waals surface area contributed by atoms with Crippen molar-refractivity contribution >= 4 is 23.4 Å². The van der Waals surface area contributed by atoms with Crippen LogP contribution in [0.3, 0.4) is 0 Å². The van der Waals surface area contributed by atoms with E-state index in [-0.39, 0.29) is 35.9 Å². The van der Waals surface area contributed by atoms with Crippen molar-refractivity contribution in [3.63, 3.8) is 0 Å². The molecule has 1 amide bonds. The number of halogens is 1. The van der Waals surface area contributed by atoms with E-state index in [1.165, 1.54) is 6.20 Å². The Hall–Kier alpha value is -1.80. The molecule has 26 heavy (non-hydrogen) atoms. The first-order valence-corrected chi connectivity index (χ1v) is 9.40. The second-order valence-electron chi connectivity index (χ2n) is 7.25. The maximum atomic E-state index is 12.2. The summed E-state index contributed by atoms with van der Waals surface area (Å²) in [5.41, 5.74) is -0.0746. The van der Waals surface area contributed by atoms with Gasteiger partial charge in [0.2, 0.25) is 0 Å². The number of hydrogen-bond acceptors (Lipinski definition) is 6. The molecule has 2 N–H and O–H groups in total. The molecular weight excluding hydrogens is 360 g/mol. The number of aliphatic hydroxyl groups is 1. The van der Waals surface area contributed by atoms with Crippen LogP contribution in [0, 0.1) is 0 Å². The van der Waals surface area contributed by atoms with Crippen LogP contribution in [0.25, 0.3) is 0 Å². The van der Waals surface area contributed by atoms with Crippen LogP contribution in [0.4, 0.5) is 10.5 Å².